The van der Waals surface area contributed by atoms with E-state index in [1.54, 1.807) is 13.2 Å². The van der Waals surface area contributed by atoms with Gasteiger partial charge in [-0.05, 0) is 57.2 Å². The Bertz CT molecular complexity index is 827. The summed E-state index contributed by atoms with van der Waals surface area (Å²) in [6, 6.07) is 8.24. The second kappa shape index (κ2) is 9.51. The van der Waals surface area contributed by atoms with E-state index in [1.165, 1.54) is 0 Å². The minimum atomic E-state index is -0.0557. The molecule has 1 amide bonds. The van der Waals surface area contributed by atoms with Crippen LogP contribution < -0.4 is 14.8 Å². The predicted octanol–water partition coefficient (Wildman–Crippen LogP) is 3.11. The molecule has 0 spiro atoms. The Morgan fingerprint density at radius 1 is 1.27 bits per heavy atom. The van der Waals surface area contributed by atoms with E-state index in [9.17, 15) is 4.79 Å². The van der Waals surface area contributed by atoms with Gasteiger partial charge in [0.15, 0.2) is 0 Å². The highest BCUT2D eigenvalue weighted by atomic mass is 16.5. The lowest BCUT2D eigenvalue weighted by atomic mass is 10.0. The minimum Gasteiger partial charge on any atom is -0.497 e. The fraction of sp³-hybridized carbons (Fsp3) is 0.565. The fourth-order valence-corrected chi connectivity index (χ4v) is 3.95. The van der Waals surface area contributed by atoms with Gasteiger partial charge in [-0.25, -0.2) is 0 Å². The fourth-order valence-electron chi connectivity index (χ4n) is 3.95. The number of amides is 1. The summed E-state index contributed by atoms with van der Waals surface area (Å²) in [7, 11) is 1.63. The third kappa shape index (κ3) is 5.33. The van der Waals surface area contributed by atoms with Gasteiger partial charge in [0.05, 0.1) is 12.7 Å². The number of nitrogens with zero attached hydrogens (tertiary/aromatic N) is 3. The van der Waals surface area contributed by atoms with Crippen molar-refractivity contribution in [2.75, 3.05) is 20.2 Å². The average molecular weight is 413 g/mol. The van der Waals surface area contributed by atoms with Crippen LogP contribution >= 0.6 is 0 Å². The molecule has 1 atom stereocenters. The zero-order valence-electron chi connectivity index (χ0n) is 17.9. The lowest BCUT2D eigenvalue weighted by molar-refractivity contribution is 0.0741. The third-order valence-corrected chi connectivity index (χ3v) is 6.07. The largest absolute Gasteiger partial charge is 0.497 e. The van der Waals surface area contributed by atoms with Crippen molar-refractivity contribution in [3.63, 3.8) is 0 Å². The molecule has 7 heteroatoms. The molecule has 30 heavy (non-hydrogen) atoms. The maximum Gasteiger partial charge on any atom is 0.255 e. The summed E-state index contributed by atoms with van der Waals surface area (Å²) < 4.78 is 13.7. The molecule has 1 aromatic heterocycles. The van der Waals surface area contributed by atoms with Crippen molar-refractivity contribution in [1.29, 1.82) is 0 Å². The van der Waals surface area contributed by atoms with E-state index >= 15 is 0 Å². The summed E-state index contributed by atoms with van der Waals surface area (Å²) >= 11 is 0. The van der Waals surface area contributed by atoms with Gasteiger partial charge in [0.2, 0.25) is 0 Å². The van der Waals surface area contributed by atoms with Gasteiger partial charge >= 0.3 is 0 Å². The zero-order valence-corrected chi connectivity index (χ0v) is 17.9. The molecule has 2 fully saturated rings. The van der Waals surface area contributed by atoms with Gasteiger partial charge in [-0.2, -0.15) is 5.10 Å². The highest BCUT2D eigenvalue weighted by Crippen LogP contribution is 2.29. The maximum atomic E-state index is 12.6. The lowest BCUT2D eigenvalue weighted by Gasteiger charge is -2.36. The number of piperidine rings is 1. The van der Waals surface area contributed by atoms with Crippen LogP contribution in [0, 0.1) is 0 Å². The van der Waals surface area contributed by atoms with Crippen LogP contribution in [0.15, 0.2) is 36.7 Å². The molecule has 1 aromatic carbocycles. The highest BCUT2D eigenvalue weighted by molar-refractivity contribution is 5.97. The van der Waals surface area contributed by atoms with Gasteiger partial charge < -0.3 is 19.7 Å². The van der Waals surface area contributed by atoms with Crippen LogP contribution in [0.1, 0.15) is 49.4 Å². The van der Waals surface area contributed by atoms with Crippen LogP contribution in [0.3, 0.4) is 0 Å². The van der Waals surface area contributed by atoms with Gasteiger partial charge in [-0.3, -0.25) is 9.48 Å². The lowest BCUT2D eigenvalue weighted by Crippen LogP contribution is -2.43. The number of aromatic nitrogens is 2. The number of rotatable bonds is 9. The van der Waals surface area contributed by atoms with E-state index in [4.69, 9.17) is 9.47 Å². The van der Waals surface area contributed by atoms with Crippen molar-refractivity contribution in [2.24, 2.45) is 0 Å². The number of methoxy groups -OCH3 is 1. The summed E-state index contributed by atoms with van der Waals surface area (Å²) in [5, 5.41) is 7.34. The van der Waals surface area contributed by atoms with E-state index in [1.807, 2.05) is 35.3 Å². The van der Waals surface area contributed by atoms with Crippen LogP contribution in [0.4, 0.5) is 0 Å². The molecule has 1 saturated heterocycles. The second-order valence-electron chi connectivity index (χ2n) is 8.37. The van der Waals surface area contributed by atoms with Crippen molar-refractivity contribution in [1.82, 2.24) is 20.0 Å². The number of nitrogens with one attached hydrogen (secondary N) is 1. The van der Waals surface area contributed by atoms with E-state index < -0.39 is 0 Å². The molecule has 1 N–H and O–H groups in total. The van der Waals surface area contributed by atoms with E-state index in [0.717, 1.165) is 51.7 Å². The van der Waals surface area contributed by atoms with E-state index in [0.29, 0.717) is 29.1 Å². The zero-order chi connectivity index (χ0) is 20.9. The molecule has 2 aromatic rings. The van der Waals surface area contributed by atoms with Crippen LogP contribution in [-0.4, -0.2) is 59.0 Å². The molecule has 7 nitrogen and oxygen atoms in total. The molecule has 2 heterocycles. The highest BCUT2D eigenvalue weighted by Gasteiger charge is 2.28. The number of hydrogen-bond donors (Lipinski definition) is 1. The number of likely N-dealkylation sites (tertiary alicyclic amines) is 1. The number of carbonyl (C=O) groups is 1. The topological polar surface area (TPSA) is 68.6 Å². The van der Waals surface area contributed by atoms with Crippen LogP contribution in [0.25, 0.3) is 0 Å². The van der Waals surface area contributed by atoms with Crippen molar-refractivity contribution < 1.29 is 14.3 Å². The Labute approximate surface area is 178 Å². The number of hydrogen-bond acceptors (Lipinski definition) is 5. The normalized spacial score (nSPS) is 18.7. The predicted molar refractivity (Wildman–Crippen MR) is 115 cm³/mol. The van der Waals surface area contributed by atoms with Gasteiger partial charge in [-0.15, -0.1) is 0 Å². The molecule has 0 bridgehead atoms. The Balaban J connectivity index is 1.32. The minimum absolute atomic E-state index is 0.0557. The summed E-state index contributed by atoms with van der Waals surface area (Å²) in [6.07, 6.45) is 9.06. The van der Waals surface area contributed by atoms with Crippen LogP contribution in [0.5, 0.6) is 11.5 Å². The van der Waals surface area contributed by atoms with Crippen molar-refractivity contribution in [3.05, 3.63) is 42.2 Å². The Morgan fingerprint density at radius 3 is 2.73 bits per heavy atom. The second-order valence-corrected chi connectivity index (χ2v) is 8.37. The van der Waals surface area contributed by atoms with Crippen molar-refractivity contribution >= 4 is 5.91 Å². The van der Waals surface area contributed by atoms with Crippen LogP contribution in [-0.2, 0) is 6.54 Å². The molecular formula is C23H32N4O3. The smallest absolute Gasteiger partial charge is 0.255 e. The standard InChI is InChI=1S/C23H32N4O3/c1-17(8-15-27-12-3-11-24-27)26-13-9-19(10-14-26)30-22-16-20(29-2)6-7-21(22)23(28)25-18-4-5-18/h3,6-7,11-12,16-19H,4-5,8-10,13-15H2,1-2H3,(H,25,28). The first kappa shape index (κ1) is 20.7. The maximum absolute atomic E-state index is 12.6. The Kier molecular flexibility index (Phi) is 6.57. The molecule has 1 unspecified atom stereocenters. The number of benzene rings is 1. The number of aryl methyl sites for hydroxylation is 1. The molecule has 1 aliphatic carbocycles. The summed E-state index contributed by atoms with van der Waals surface area (Å²) in [5.41, 5.74) is 0.595. The van der Waals surface area contributed by atoms with Crippen LogP contribution in [0.2, 0.25) is 0 Å². The van der Waals surface area contributed by atoms with Crippen molar-refractivity contribution in [2.45, 2.75) is 63.8 Å². The first-order valence-corrected chi connectivity index (χ1v) is 11.0. The first-order chi connectivity index (χ1) is 14.6. The SMILES string of the molecule is COc1ccc(C(=O)NC2CC2)c(OC2CCN(C(C)CCn3cccn3)CC2)c1. The molecule has 0 radical (unpaired) electrons. The first-order valence-electron chi connectivity index (χ1n) is 11.0. The van der Waals surface area contributed by atoms with E-state index in [-0.39, 0.29) is 12.0 Å². The average Bonchev–Trinajstić information content (AvgIpc) is 3.42. The van der Waals surface area contributed by atoms with Gasteiger partial charge in [0, 0.05) is 50.2 Å². The molecule has 2 aliphatic rings. The molecular weight excluding hydrogens is 380 g/mol. The molecule has 1 aliphatic heterocycles. The van der Waals surface area contributed by atoms with E-state index in [2.05, 4.69) is 22.2 Å². The monoisotopic (exact) mass is 412 g/mol. The van der Waals surface area contributed by atoms with Gasteiger partial charge in [-0.1, -0.05) is 0 Å². The van der Waals surface area contributed by atoms with Crippen molar-refractivity contribution in [3.8, 4) is 11.5 Å². The number of ether oxygens (including phenoxy) is 2. The number of carbonyl (C=O) groups excluding carboxylic acids is 1. The Morgan fingerprint density at radius 2 is 2.07 bits per heavy atom. The molecule has 162 valence electrons. The Hall–Kier alpha value is -2.54. The summed E-state index contributed by atoms with van der Waals surface area (Å²) in [5.74, 6) is 1.27. The quantitative estimate of drug-likeness (QED) is 0.685. The molecule has 4 rings (SSSR count). The summed E-state index contributed by atoms with van der Waals surface area (Å²) in [6.45, 7) is 5.22. The molecule has 1 saturated carbocycles. The third-order valence-electron chi connectivity index (χ3n) is 6.07. The van der Waals surface area contributed by atoms with Gasteiger partial charge in [0.25, 0.3) is 5.91 Å². The van der Waals surface area contributed by atoms with Gasteiger partial charge in [0.1, 0.15) is 17.6 Å². The summed E-state index contributed by atoms with van der Waals surface area (Å²) in [4.78, 5) is 15.1.